The third kappa shape index (κ3) is 5.66. The third-order valence-corrected chi connectivity index (χ3v) is 5.52. The lowest BCUT2D eigenvalue weighted by Gasteiger charge is -2.14. The normalized spacial score (nSPS) is 14.0. The van der Waals surface area contributed by atoms with Gasteiger partial charge in [0, 0.05) is 30.1 Å². The lowest BCUT2D eigenvalue weighted by atomic mass is 10.1. The van der Waals surface area contributed by atoms with Crippen molar-refractivity contribution in [3.05, 3.63) is 59.7 Å². The minimum Gasteiger partial charge on any atom is -0.482 e. The van der Waals surface area contributed by atoms with E-state index in [0.29, 0.717) is 35.5 Å². The third-order valence-electron chi connectivity index (χ3n) is 5.52. The standard InChI is InChI=1S/C25H26FN3O5/c1-2-21(33-18-10-7-16(8-11-18)23(32)15-5-6-15)24-28-25(34-29-24)17-9-12-20(19(26)14-17)27-22(31)4-3-13-30/h7-12,14-15,21,30H,2-6,13H2,1H3,(H,27,31). The van der Waals surface area contributed by atoms with Crippen molar-refractivity contribution in [3.63, 3.8) is 0 Å². The largest absolute Gasteiger partial charge is 0.482 e. The van der Waals surface area contributed by atoms with E-state index >= 15 is 0 Å². The van der Waals surface area contributed by atoms with Crippen LogP contribution in [0.5, 0.6) is 5.75 Å². The molecule has 34 heavy (non-hydrogen) atoms. The topological polar surface area (TPSA) is 115 Å². The summed E-state index contributed by atoms with van der Waals surface area (Å²) in [4.78, 5) is 28.3. The van der Waals surface area contributed by atoms with Crippen LogP contribution in [0, 0.1) is 11.7 Å². The number of aliphatic hydroxyl groups is 1. The van der Waals surface area contributed by atoms with Crippen LogP contribution in [0.4, 0.5) is 10.1 Å². The van der Waals surface area contributed by atoms with Crippen molar-refractivity contribution in [3.8, 4) is 17.2 Å². The van der Waals surface area contributed by atoms with Gasteiger partial charge in [0.1, 0.15) is 11.6 Å². The molecule has 0 radical (unpaired) electrons. The smallest absolute Gasteiger partial charge is 0.258 e. The Kier molecular flexibility index (Phi) is 7.32. The number of hydrogen-bond acceptors (Lipinski definition) is 7. The number of carbonyl (C=O) groups excluding carboxylic acids is 2. The zero-order chi connectivity index (χ0) is 24.1. The molecular weight excluding hydrogens is 441 g/mol. The van der Waals surface area contributed by atoms with Crippen molar-refractivity contribution < 1.29 is 28.3 Å². The molecule has 1 atom stereocenters. The predicted molar refractivity (Wildman–Crippen MR) is 122 cm³/mol. The first-order valence-corrected chi connectivity index (χ1v) is 11.3. The highest BCUT2D eigenvalue weighted by Gasteiger charge is 2.30. The Morgan fingerprint density at radius 2 is 2.00 bits per heavy atom. The highest BCUT2D eigenvalue weighted by molar-refractivity contribution is 5.99. The van der Waals surface area contributed by atoms with E-state index in [-0.39, 0.29) is 42.2 Å². The Balaban J connectivity index is 1.42. The van der Waals surface area contributed by atoms with Crippen LogP contribution >= 0.6 is 0 Å². The monoisotopic (exact) mass is 467 g/mol. The number of aromatic nitrogens is 2. The molecule has 2 aromatic carbocycles. The Morgan fingerprint density at radius 3 is 2.65 bits per heavy atom. The van der Waals surface area contributed by atoms with Gasteiger partial charge in [-0.05, 0) is 68.1 Å². The maximum absolute atomic E-state index is 14.5. The predicted octanol–water partition coefficient (Wildman–Crippen LogP) is 4.71. The molecule has 1 saturated carbocycles. The Morgan fingerprint density at radius 1 is 1.24 bits per heavy atom. The summed E-state index contributed by atoms with van der Waals surface area (Å²) in [5, 5.41) is 15.3. The van der Waals surface area contributed by atoms with Crippen molar-refractivity contribution in [2.45, 2.75) is 45.1 Å². The van der Waals surface area contributed by atoms with Gasteiger partial charge in [-0.25, -0.2) is 4.39 Å². The number of benzene rings is 2. The van der Waals surface area contributed by atoms with Crippen molar-refractivity contribution in [2.75, 3.05) is 11.9 Å². The number of anilines is 1. The lowest BCUT2D eigenvalue weighted by molar-refractivity contribution is -0.116. The quantitative estimate of drug-likeness (QED) is 0.393. The molecule has 0 spiro atoms. The molecule has 2 N–H and O–H groups in total. The van der Waals surface area contributed by atoms with Gasteiger partial charge in [-0.2, -0.15) is 4.98 Å². The highest BCUT2D eigenvalue weighted by atomic mass is 19.1. The molecule has 8 nitrogen and oxygen atoms in total. The van der Waals surface area contributed by atoms with Gasteiger partial charge in [0.05, 0.1) is 5.69 Å². The van der Waals surface area contributed by atoms with Gasteiger partial charge < -0.3 is 19.7 Å². The summed E-state index contributed by atoms with van der Waals surface area (Å²) in [6.07, 6.45) is 2.40. The summed E-state index contributed by atoms with van der Waals surface area (Å²) in [6, 6.07) is 11.2. The molecule has 0 aliphatic heterocycles. The van der Waals surface area contributed by atoms with Crippen LogP contribution in [-0.4, -0.2) is 33.5 Å². The number of rotatable bonds is 11. The molecule has 178 valence electrons. The number of Topliss-reactive ketones (excluding diaryl/α,β-unsaturated/α-hetero) is 1. The fourth-order valence-corrected chi connectivity index (χ4v) is 3.45. The van der Waals surface area contributed by atoms with E-state index < -0.39 is 11.9 Å². The Hall–Kier alpha value is -3.59. The van der Waals surface area contributed by atoms with E-state index in [2.05, 4.69) is 15.5 Å². The number of hydrogen-bond donors (Lipinski definition) is 2. The van der Waals surface area contributed by atoms with Crippen LogP contribution in [0.25, 0.3) is 11.5 Å². The first kappa shape index (κ1) is 23.6. The summed E-state index contributed by atoms with van der Waals surface area (Å²) in [7, 11) is 0. The zero-order valence-electron chi connectivity index (χ0n) is 18.8. The van der Waals surface area contributed by atoms with Crippen molar-refractivity contribution in [1.29, 1.82) is 0 Å². The lowest BCUT2D eigenvalue weighted by Crippen LogP contribution is -2.12. The average molecular weight is 467 g/mol. The maximum Gasteiger partial charge on any atom is 0.258 e. The van der Waals surface area contributed by atoms with Gasteiger partial charge in [0.25, 0.3) is 5.89 Å². The Bertz CT molecular complexity index is 1160. The highest BCUT2D eigenvalue weighted by Crippen LogP contribution is 2.33. The van der Waals surface area contributed by atoms with E-state index in [1.807, 2.05) is 6.92 Å². The van der Waals surface area contributed by atoms with Gasteiger partial charge in [0.15, 0.2) is 11.9 Å². The number of ether oxygens (including phenoxy) is 1. The number of amides is 1. The molecule has 1 aliphatic carbocycles. The molecule has 1 aliphatic rings. The number of aliphatic hydroxyl groups excluding tert-OH is 1. The molecule has 0 saturated heterocycles. The molecule has 9 heteroatoms. The van der Waals surface area contributed by atoms with E-state index in [1.54, 1.807) is 30.3 Å². The molecular formula is C25H26FN3O5. The average Bonchev–Trinajstić information content (AvgIpc) is 3.59. The van der Waals surface area contributed by atoms with E-state index in [4.69, 9.17) is 14.4 Å². The fraction of sp³-hybridized carbons (Fsp3) is 0.360. The summed E-state index contributed by atoms with van der Waals surface area (Å²) in [5.74, 6) is 0.334. The van der Waals surface area contributed by atoms with Gasteiger partial charge in [-0.3, -0.25) is 9.59 Å². The number of halogens is 1. The van der Waals surface area contributed by atoms with Crippen molar-refractivity contribution >= 4 is 17.4 Å². The van der Waals surface area contributed by atoms with Gasteiger partial charge in [-0.1, -0.05) is 12.1 Å². The Labute approximate surface area is 196 Å². The van der Waals surface area contributed by atoms with E-state index in [1.165, 1.54) is 12.1 Å². The summed E-state index contributed by atoms with van der Waals surface area (Å²) >= 11 is 0. The second kappa shape index (κ2) is 10.6. The number of ketones is 1. The number of nitrogens with zero attached hydrogens (tertiary/aromatic N) is 2. The van der Waals surface area contributed by atoms with E-state index in [0.717, 1.165) is 12.8 Å². The molecule has 4 rings (SSSR count). The molecule has 1 unspecified atom stereocenters. The summed E-state index contributed by atoms with van der Waals surface area (Å²) in [5.41, 5.74) is 1.08. The number of nitrogens with one attached hydrogen (secondary N) is 1. The van der Waals surface area contributed by atoms with Crippen molar-refractivity contribution in [1.82, 2.24) is 10.1 Å². The fourth-order valence-electron chi connectivity index (χ4n) is 3.45. The summed E-state index contributed by atoms with van der Waals surface area (Å²) in [6.45, 7) is 1.81. The van der Waals surface area contributed by atoms with Gasteiger partial charge in [0.2, 0.25) is 11.7 Å². The molecule has 0 bridgehead atoms. The second-order valence-electron chi connectivity index (χ2n) is 8.21. The summed E-state index contributed by atoms with van der Waals surface area (Å²) < 4.78 is 25.8. The molecule has 1 amide bonds. The maximum atomic E-state index is 14.5. The van der Waals surface area contributed by atoms with Crippen molar-refractivity contribution in [2.24, 2.45) is 5.92 Å². The van der Waals surface area contributed by atoms with Crippen LogP contribution in [0.15, 0.2) is 47.0 Å². The zero-order valence-corrected chi connectivity index (χ0v) is 18.8. The van der Waals surface area contributed by atoms with Crippen LogP contribution < -0.4 is 10.1 Å². The van der Waals surface area contributed by atoms with Crippen LogP contribution in [0.2, 0.25) is 0 Å². The molecule has 1 aromatic heterocycles. The molecule has 1 heterocycles. The van der Waals surface area contributed by atoms with Crippen LogP contribution in [-0.2, 0) is 4.79 Å². The first-order valence-electron chi connectivity index (χ1n) is 11.3. The van der Waals surface area contributed by atoms with Gasteiger partial charge in [-0.15, -0.1) is 0 Å². The number of carbonyl (C=O) groups is 2. The van der Waals surface area contributed by atoms with Gasteiger partial charge >= 0.3 is 0 Å². The van der Waals surface area contributed by atoms with E-state index in [9.17, 15) is 14.0 Å². The van der Waals surface area contributed by atoms with Crippen LogP contribution in [0.1, 0.15) is 61.3 Å². The minimum absolute atomic E-state index is 0.0322. The molecule has 3 aromatic rings. The second-order valence-corrected chi connectivity index (χ2v) is 8.21. The first-order chi connectivity index (χ1) is 16.5. The van der Waals surface area contributed by atoms with Crippen LogP contribution in [0.3, 0.4) is 0 Å². The molecule has 1 fully saturated rings. The SMILES string of the molecule is CCC(Oc1ccc(C(=O)C2CC2)cc1)c1noc(-c2ccc(NC(=O)CCCO)c(F)c2)n1. The minimum atomic E-state index is -0.640.